The molecule has 0 saturated heterocycles. The number of primary amides is 1. The Bertz CT molecular complexity index is 218. The Balaban J connectivity index is 2.90. The number of amides is 1. The molecular weight excluding hydrogens is 133 g/mol. The largest absolute Gasteiger partial charge is 0.366 e. The lowest BCUT2D eigenvalue weighted by atomic mass is 10.1. The second-order valence-corrected chi connectivity index (χ2v) is 2.12. The molecule has 0 aliphatic heterocycles. The van der Waals surface area contributed by atoms with Crippen molar-refractivity contribution in [3.8, 4) is 0 Å². The van der Waals surface area contributed by atoms with Crippen molar-refractivity contribution in [2.24, 2.45) is 5.73 Å². The Morgan fingerprint density at radius 1 is 1.70 bits per heavy atom. The lowest BCUT2D eigenvalue weighted by Gasteiger charge is -2.04. The van der Waals surface area contributed by atoms with Crippen LogP contribution in [0.4, 0.5) is 4.39 Å². The maximum absolute atomic E-state index is 12.6. The average Bonchev–Trinajstić information content (AvgIpc) is 1.88. The fraction of sp³-hybridized carbons (Fsp3) is 0.286. The predicted molar refractivity (Wildman–Crippen MR) is 35.7 cm³/mol. The van der Waals surface area contributed by atoms with Gasteiger partial charge in [-0.2, -0.15) is 0 Å². The highest BCUT2D eigenvalue weighted by atomic mass is 19.1. The van der Waals surface area contributed by atoms with E-state index >= 15 is 0 Å². The summed E-state index contributed by atoms with van der Waals surface area (Å²) in [5.74, 6) is -1.08. The summed E-state index contributed by atoms with van der Waals surface area (Å²) in [6, 6.07) is 0. The molecule has 1 aliphatic rings. The maximum Gasteiger partial charge on any atom is 0.251 e. The predicted octanol–water partition coefficient (Wildman–Crippen LogP) is 1.05. The monoisotopic (exact) mass is 141 g/mol. The molecule has 0 fully saturated rings. The lowest BCUT2D eigenvalue weighted by molar-refractivity contribution is -0.114. The molecule has 0 atom stereocenters. The van der Waals surface area contributed by atoms with E-state index in [-0.39, 0.29) is 5.57 Å². The molecule has 0 spiro atoms. The Kier molecular flexibility index (Phi) is 1.85. The summed E-state index contributed by atoms with van der Waals surface area (Å²) in [6.45, 7) is 0. The number of hydrogen-bond donors (Lipinski definition) is 1. The molecule has 0 aromatic rings. The molecule has 3 heteroatoms. The molecule has 1 amide bonds. The van der Waals surface area contributed by atoms with E-state index in [4.69, 9.17) is 5.73 Å². The van der Waals surface area contributed by atoms with Crippen LogP contribution < -0.4 is 5.73 Å². The van der Waals surface area contributed by atoms with E-state index in [0.717, 1.165) is 0 Å². The summed E-state index contributed by atoms with van der Waals surface area (Å²) < 4.78 is 12.6. The molecule has 2 nitrogen and oxygen atoms in total. The highest BCUT2D eigenvalue weighted by Crippen LogP contribution is 2.18. The second-order valence-electron chi connectivity index (χ2n) is 2.12. The van der Waals surface area contributed by atoms with Crippen molar-refractivity contribution in [2.45, 2.75) is 12.8 Å². The van der Waals surface area contributed by atoms with Gasteiger partial charge in [0.15, 0.2) is 0 Å². The summed E-state index contributed by atoms with van der Waals surface area (Å²) in [7, 11) is 0. The van der Waals surface area contributed by atoms with E-state index in [9.17, 15) is 9.18 Å². The smallest absolute Gasteiger partial charge is 0.251 e. The van der Waals surface area contributed by atoms with Gasteiger partial charge in [-0.3, -0.25) is 4.79 Å². The van der Waals surface area contributed by atoms with Crippen LogP contribution in [0.1, 0.15) is 12.8 Å². The van der Waals surface area contributed by atoms with Crippen molar-refractivity contribution in [2.75, 3.05) is 0 Å². The minimum Gasteiger partial charge on any atom is -0.366 e. The molecule has 1 rings (SSSR count). The summed E-state index contributed by atoms with van der Waals surface area (Å²) >= 11 is 0. The number of rotatable bonds is 1. The first-order valence-electron chi connectivity index (χ1n) is 3.07. The molecule has 1 aliphatic carbocycles. The first-order chi connectivity index (χ1) is 4.72. The first kappa shape index (κ1) is 6.99. The third-order valence-corrected chi connectivity index (χ3v) is 1.37. The van der Waals surface area contributed by atoms with Gasteiger partial charge < -0.3 is 5.73 Å². The van der Waals surface area contributed by atoms with Gasteiger partial charge in [0.1, 0.15) is 5.83 Å². The molecule has 2 N–H and O–H groups in total. The van der Waals surface area contributed by atoms with Crippen molar-refractivity contribution >= 4 is 5.91 Å². The number of carbonyl (C=O) groups excluding carboxylic acids is 1. The first-order valence-corrected chi connectivity index (χ1v) is 3.07. The summed E-state index contributed by atoms with van der Waals surface area (Å²) in [6.07, 6.45) is 4.13. The van der Waals surface area contributed by atoms with Gasteiger partial charge in [0, 0.05) is 6.42 Å². The number of allylic oxidation sites excluding steroid dienone is 2. The van der Waals surface area contributed by atoms with Crippen LogP contribution in [0.15, 0.2) is 23.6 Å². The number of halogens is 1. The Hall–Kier alpha value is -1.12. The zero-order chi connectivity index (χ0) is 7.56. The van der Waals surface area contributed by atoms with E-state index in [2.05, 4.69) is 0 Å². The normalized spacial score (nSPS) is 17.7. The van der Waals surface area contributed by atoms with Crippen molar-refractivity contribution < 1.29 is 9.18 Å². The minimum absolute atomic E-state index is 0.0197. The number of carbonyl (C=O) groups is 1. The maximum atomic E-state index is 12.6. The summed E-state index contributed by atoms with van der Waals surface area (Å²) in [5.41, 5.74) is 4.89. The van der Waals surface area contributed by atoms with Gasteiger partial charge in [-0.1, -0.05) is 12.2 Å². The zero-order valence-corrected chi connectivity index (χ0v) is 5.43. The fourth-order valence-electron chi connectivity index (χ4n) is 0.852. The van der Waals surface area contributed by atoms with E-state index in [0.29, 0.717) is 12.8 Å². The Morgan fingerprint density at radius 2 is 2.40 bits per heavy atom. The van der Waals surface area contributed by atoms with Gasteiger partial charge >= 0.3 is 0 Å². The SMILES string of the molecule is NC(=O)C1=C(F)CCC=C1. The highest BCUT2D eigenvalue weighted by molar-refractivity contribution is 5.95. The van der Waals surface area contributed by atoms with Crippen molar-refractivity contribution in [1.82, 2.24) is 0 Å². The molecule has 0 unspecified atom stereocenters. The Labute approximate surface area is 58.2 Å². The van der Waals surface area contributed by atoms with E-state index in [1.165, 1.54) is 6.08 Å². The average molecular weight is 141 g/mol. The van der Waals surface area contributed by atoms with E-state index in [1.807, 2.05) is 0 Å². The van der Waals surface area contributed by atoms with Crippen LogP contribution >= 0.6 is 0 Å². The van der Waals surface area contributed by atoms with Crippen LogP contribution in [0, 0.1) is 0 Å². The van der Waals surface area contributed by atoms with Gasteiger partial charge in [-0.05, 0) is 6.42 Å². The molecule has 0 aromatic carbocycles. The van der Waals surface area contributed by atoms with Crippen LogP contribution in [0.3, 0.4) is 0 Å². The molecule has 0 aromatic heterocycles. The fourth-order valence-corrected chi connectivity index (χ4v) is 0.852. The molecular formula is C7H8FNO. The molecule has 0 heterocycles. The van der Waals surface area contributed by atoms with Crippen molar-refractivity contribution in [1.29, 1.82) is 0 Å². The van der Waals surface area contributed by atoms with Crippen molar-refractivity contribution in [3.05, 3.63) is 23.6 Å². The van der Waals surface area contributed by atoms with Gasteiger partial charge in [-0.15, -0.1) is 0 Å². The van der Waals surface area contributed by atoms with Crippen LogP contribution in [0.2, 0.25) is 0 Å². The highest BCUT2D eigenvalue weighted by Gasteiger charge is 2.11. The second kappa shape index (κ2) is 2.64. The molecule has 0 saturated carbocycles. The quantitative estimate of drug-likeness (QED) is 0.582. The minimum atomic E-state index is -0.687. The van der Waals surface area contributed by atoms with Crippen LogP contribution in [-0.4, -0.2) is 5.91 Å². The third kappa shape index (κ3) is 1.23. The van der Waals surface area contributed by atoms with Gasteiger partial charge in [-0.25, -0.2) is 4.39 Å². The zero-order valence-electron chi connectivity index (χ0n) is 5.43. The summed E-state index contributed by atoms with van der Waals surface area (Å²) in [4.78, 5) is 10.4. The molecule has 10 heavy (non-hydrogen) atoms. The number of hydrogen-bond acceptors (Lipinski definition) is 1. The van der Waals surface area contributed by atoms with E-state index < -0.39 is 11.7 Å². The van der Waals surface area contributed by atoms with Gasteiger partial charge in [0.05, 0.1) is 5.57 Å². The molecule has 0 bridgehead atoms. The van der Waals surface area contributed by atoms with Crippen LogP contribution in [0.5, 0.6) is 0 Å². The Morgan fingerprint density at radius 3 is 2.80 bits per heavy atom. The van der Waals surface area contributed by atoms with E-state index in [1.54, 1.807) is 6.08 Å². The van der Waals surface area contributed by atoms with Gasteiger partial charge in [0.25, 0.3) is 5.91 Å². The van der Waals surface area contributed by atoms with Crippen molar-refractivity contribution in [3.63, 3.8) is 0 Å². The van der Waals surface area contributed by atoms with Crippen LogP contribution in [-0.2, 0) is 4.79 Å². The molecule has 54 valence electrons. The third-order valence-electron chi connectivity index (χ3n) is 1.37. The molecule has 0 radical (unpaired) electrons. The van der Waals surface area contributed by atoms with Gasteiger partial charge in [0.2, 0.25) is 0 Å². The number of nitrogens with two attached hydrogens (primary N) is 1. The lowest BCUT2D eigenvalue weighted by Crippen LogP contribution is -2.14. The topological polar surface area (TPSA) is 43.1 Å². The van der Waals surface area contributed by atoms with Crippen LogP contribution in [0.25, 0.3) is 0 Å². The standard InChI is InChI=1S/C7H8FNO/c8-6-4-2-1-3-5(6)7(9)10/h1,3H,2,4H2,(H2,9,10). The summed E-state index contributed by atoms with van der Waals surface area (Å²) in [5, 5.41) is 0.